The van der Waals surface area contributed by atoms with Gasteiger partial charge in [-0.25, -0.2) is 8.78 Å². The zero-order valence-corrected chi connectivity index (χ0v) is 15.6. The number of halogens is 2. The van der Waals surface area contributed by atoms with Crippen LogP contribution in [0.4, 0.5) is 8.78 Å². The Bertz CT molecular complexity index is 735. The Kier molecular flexibility index (Phi) is 4.14. The quantitative estimate of drug-likeness (QED) is 0.866. The highest BCUT2D eigenvalue weighted by molar-refractivity contribution is 5.76. The molecule has 4 rings (SSSR count). The van der Waals surface area contributed by atoms with E-state index in [4.69, 9.17) is 4.74 Å². The van der Waals surface area contributed by atoms with Crippen molar-refractivity contribution >= 4 is 5.91 Å². The largest absolute Gasteiger partial charge is 0.373 e. The van der Waals surface area contributed by atoms with Crippen molar-refractivity contribution in [3.8, 4) is 0 Å². The van der Waals surface area contributed by atoms with Crippen LogP contribution in [0.1, 0.15) is 58.1 Å². The van der Waals surface area contributed by atoms with E-state index in [9.17, 15) is 13.6 Å². The lowest BCUT2D eigenvalue weighted by molar-refractivity contribution is -0.137. The summed E-state index contributed by atoms with van der Waals surface area (Å²) in [5.41, 5.74) is 0.397. The van der Waals surface area contributed by atoms with E-state index in [-0.39, 0.29) is 34.8 Å². The highest BCUT2D eigenvalue weighted by Crippen LogP contribution is 2.70. The van der Waals surface area contributed by atoms with Gasteiger partial charge in [-0.15, -0.1) is 0 Å². The van der Waals surface area contributed by atoms with Crippen LogP contribution in [0.5, 0.6) is 0 Å². The Balaban J connectivity index is 1.71. The molecule has 1 aliphatic heterocycles. The van der Waals surface area contributed by atoms with E-state index in [0.29, 0.717) is 24.5 Å². The van der Waals surface area contributed by atoms with Crippen LogP contribution in [-0.2, 0) is 9.53 Å². The van der Waals surface area contributed by atoms with Gasteiger partial charge in [0.2, 0.25) is 5.91 Å². The molecule has 1 spiro atoms. The third-order valence-electron chi connectivity index (χ3n) is 7.40. The van der Waals surface area contributed by atoms with Gasteiger partial charge in [-0.2, -0.15) is 0 Å². The summed E-state index contributed by atoms with van der Waals surface area (Å²) in [4.78, 5) is 12.2. The first-order valence-electron chi connectivity index (χ1n) is 9.65. The van der Waals surface area contributed by atoms with E-state index < -0.39 is 11.6 Å². The second-order valence-corrected chi connectivity index (χ2v) is 8.86. The first kappa shape index (κ1) is 17.9. The molecule has 1 unspecified atom stereocenters. The maximum atomic E-state index is 14.5. The smallest absolute Gasteiger partial charge is 0.219 e. The Labute approximate surface area is 153 Å². The number of carbonyl (C=O) groups excluding carboxylic acids is 1. The number of carbonyl (C=O) groups is 1. The molecule has 1 amide bonds. The van der Waals surface area contributed by atoms with E-state index in [0.717, 1.165) is 25.3 Å². The molecular weight excluding hydrogens is 336 g/mol. The molecule has 1 heterocycles. The van der Waals surface area contributed by atoms with Gasteiger partial charge in [0.25, 0.3) is 0 Å². The summed E-state index contributed by atoms with van der Waals surface area (Å²) >= 11 is 0. The van der Waals surface area contributed by atoms with Crippen molar-refractivity contribution in [2.45, 2.75) is 58.6 Å². The first-order valence-corrected chi connectivity index (χ1v) is 9.65. The summed E-state index contributed by atoms with van der Waals surface area (Å²) in [6.45, 7) is 6.89. The summed E-state index contributed by atoms with van der Waals surface area (Å²) in [5.74, 6) is -0.416. The van der Waals surface area contributed by atoms with Gasteiger partial charge in [0, 0.05) is 30.7 Å². The number of nitrogens with one attached hydrogen (secondary N) is 1. The molecule has 5 atom stereocenters. The molecule has 0 radical (unpaired) electrons. The summed E-state index contributed by atoms with van der Waals surface area (Å²) in [5, 5.41) is 3.29. The average Bonchev–Trinajstić information content (AvgIpc) is 3.08. The van der Waals surface area contributed by atoms with Gasteiger partial charge in [-0.3, -0.25) is 4.79 Å². The van der Waals surface area contributed by atoms with E-state index >= 15 is 0 Å². The second-order valence-electron chi connectivity index (χ2n) is 8.86. The number of hydrogen-bond donors (Lipinski definition) is 1. The van der Waals surface area contributed by atoms with Crippen LogP contribution in [0.2, 0.25) is 0 Å². The molecule has 1 saturated heterocycles. The lowest BCUT2D eigenvalue weighted by Gasteiger charge is -2.53. The van der Waals surface area contributed by atoms with E-state index in [1.54, 1.807) is 0 Å². The van der Waals surface area contributed by atoms with Gasteiger partial charge in [0.15, 0.2) is 0 Å². The van der Waals surface area contributed by atoms with Crippen LogP contribution in [0, 0.1) is 34.3 Å². The lowest BCUT2D eigenvalue weighted by Crippen LogP contribution is -2.58. The van der Waals surface area contributed by atoms with Gasteiger partial charge in [-0.1, -0.05) is 26.8 Å². The number of hydrogen-bond acceptors (Lipinski definition) is 2. The molecule has 3 aliphatic rings. The predicted octanol–water partition coefficient (Wildman–Crippen LogP) is 4.37. The second kappa shape index (κ2) is 6.01. The number of rotatable bonds is 3. The molecule has 1 aromatic rings. The van der Waals surface area contributed by atoms with Crippen molar-refractivity contribution in [3.05, 3.63) is 35.4 Å². The van der Waals surface area contributed by atoms with E-state index in [2.05, 4.69) is 19.2 Å². The maximum absolute atomic E-state index is 14.5. The fourth-order valence-corrected chi connectivity index (χ4v) is 6.09. The van der Waals surface area contributed by atoms with Crippen LogP contribution in [0.3, 0.4) is 0 Å². The third kappa shape index (κ3) is 2.43. The Morgan fingerprint density at radius 2 is 2.12 bits per heavy atom. The molecule has 1 N–H and O–H groups in total. The van der Waals surface area contributed by atoms with Gasteiger partial charge in [0.1, 0.15) is 11.6 Å². The molecule has 3 fully saturated rings. The zero-order valence-electron chi connectivity index (χ0n) is 15.6. The van der Waals surface area contributed by atoms with Crippen LogP contribution < -0.4 is 5.32 Å². The minimum absolute atomic E-state index is 0.0184. The van der Waals surface area contributed by atoms with Crippen molar-refractivity contribution in [3.63, 3.8) is 0 Å². The Morgan fingerprint density at radius 1 is 1.35 bits per heavy atom. The molecule has 5 heteroatoms. The highest BCUT2D eigenvalue weighted by Gasteiger charge is 2.68. The van der Waals surface area contributed by atoms with Crippen LogP contribution >= 0.6 is 0 Å². The Morgan fingerprint density at radius 3 is 2.81 bits per heavy atom. The Hall–Kier alpha value is -1.49. The average molecular weight is 363 g/mol. The van der Waals surface area contributed by atoms with E-state index in [1.807, 2.05) is 6.92 Å². The monoisotopic (exact) mass is 363 g/mol. The van der Waals surface area contributed by atoms with Crippen LogP contribution in [-0.4, -0.2) is 18.6 Å². The molecule has 3 nitrogen and oxygen atoms in total. The zero-order chi connectivity index (χ0) is 18.7. The number of benzene rings is 1. The van der Waals surface area contributed by atoms with Gasteiger partial charge in [-0.05, 0) is 48.0 Å². The fraction of sp³-hybridized carbons (Fsp3) is 0.667. The van der Waals surface area contributed by atoms with Crippen molar-refractivity contribution in [1.29, 1.82) is 0 Å². The van der Waals surface area contributed by atoms with Crippen molar-refractivity contribution in [1.82, 2.24) is 5.32 Å². The fourth-order valence-electron chi connectivity index (χ4n) is 6.09. The van der Waals surface area contributed by atoms with Gasteiger partial charge in [0.05, 0.1) is 6.10 Å². The summed E-state index contributed by atoms with van der Waals surface area (Å²) < 4.78 is 33.8. The van der Waals surface area contributed by atoms with Crippen LogP contribution in [0.15, 0.2) is 18.2 Å². The molecule has 2 bridgehead atoms. The minimum atomic E-state index is -0.570. The summed E-state index contributed by atoms with van der Waals surface area (Å²) in [7, 11) is 0. The first-order chi connectivity index (χ1) is 12.3. The highest BCUT2D eigenvalue weighted by atomic mass is 19.1. The molecule has 2 aliphatic carbocycles. The number of ether oxygens (including phenoxy) is 1. The molecule has 142 valence electrons. The predicted molar refractivity (Wildman–Crippen MR) is 94.3 cm³/mol. The van der Waals surface area contributed by atoms with Gasteiger partial charge >= 0.3 is 0 Å². The number of fused-ring (bicyclic) bond motifs is 1. The number of amides is 1. The van der Waals surface area contributed by atoms with E-state index in [1.165, 1.54) is 12.1 Å². The third-order valence-corrected chi connectivity index (χ3v) is 7.40. The molecule has 0 aromatic heterocycles. The summed E-state index contributed by atoms with van der Waals surface area (Å²) in [6, 6.07) is 3.83. The van der Waals surface area contributed by atoms with Gasteiger partial charge < -0.3 is 10.1 Å². The summed E-state index contributed by atoms with van der Waals surface area (Å²) in [6.07, 6.45) is 2.98. The normalized spacial score (nSPS) is 37.4. The van der Waals surface area contributed by atoms with Crippen molar-refractivity contribution in [2.24, 2.45) is 22.7 Å². The molecule has 2 saturated carbocycles. The lowest BCUT2D eigenvalue weighted by atomic mass is 9.58. The molecular formula is C21H27F2NO2. The maximum Gasteiger partial charge on any atom is 0.219 e. The molecule has 1 aromatic carbocycles. The van der Waals surface area contributed by atoms with Crippen molar-refractivity contribution < 1.29 is 18.3 Å². The minimum Gasteiger partial charge on any atom is -0.373 e. The van der Waals surface area contributed by atoms with Crippen molar-refractivity contribution in [2.75, 3.05) is 6.61 Å². The topological polar surface area (TPSA) is 38.3 Å². The van der Waals surface area contributed by atoms with Crippen LogP contribution in [0.25, 0.3) is 0 Å². The molecule has 26 heavy (non-hydrogen) atoms. The standard InChI is InChI=1S/C21H27F2NO2/c1-4-17(25)24-19-20(2,3)12-9-15-18(26-8-7-21(15,19)11-12)14-6-5-13(22)10-16(14)23/h5-6,10,12,15,18-19H,4,7-9,11H2,1-3H3,(H,24,25)/t12-,15-,18-,19+,21?/m1/s1. The SMILES string of the molecule is CCC(=O)N[C@H]1C(C)(C)[C@@H]2C[C@@H]3[C@@H](c4ccc(F)cc4F)OCCC31C2.